The Bertz CT molecular complexity index is 832. The summed E-state index contributed by atoms with van der Waals surface area (Å²) in [6, 6.07) is 10.4. The van der Waals surface area contributed by atoms with E-state index in [2.05, 4.69) is 4.98 Å². The van der Waals surface area contributed by atoms with Crippen LogP contribution in [0.15, 0.2) is 41.8 Å². The number of hydrogen-bond donors (Lipinski definition) is 2. The lowest BCUT2D eigenvalue weighted by Gasteiger charge is -2.01. The van der Waals surface area contributed by atoms with E-state index in [9.17, 15) is 9.18 Å². The SMILES string of the molecule is O=C(CCc1csc(-c2ccc3cc(F)ccc3c2)n1)NO. The average molecular weight is 316 g/mol. The fourth-order valence-electron chi connectivity index (χ4n) is 2.20. The molecule has 6 heteroatoms. The standard InChI is InChI=1S/C16H13FN2O2S/c17-13-4-3-10-7-12(2-1-11(10)8-13)16-18-14(9-22-16)5-6-15(20)19-21/h1-4,7-9,21H,5-6H2,(H,19,20). The van der Waals surface area contributed by atoms with Gasteiger partial charge in [-0.15, -0.1) is 11.3 Å². The molecule has 3 aromatic rings. The van der Waals surface area contributed by atoms with Crippen molar-refractivity contribution in [3.05, 3.63) is 53.3 Å². The van der Waals surface area contributed by atoms with E-state index in [1.165, 1.54) is 23.5 Å². The van der Waals surface area contributed by atoms with Gasteiger partial charge in [-0.2, -0.15) is 0 Å². The summed E-state index contributed by atoms with van der Waals surface area (Å²) in [5.41, 5.74) is 3.37. The number of carbonyl (C=O) groups is 1. The first-order valence-corrected chi connectivity index (χ1v) is 7.61. The number of hydrogen-bond acceptors (Lipinski definition) is 4. The number of aromatic nitrogens is 1. The zero-order valence-corrected chi connectivity index (χ0v) is 12.4. The van der Waals surface area contributed by atoms with Crippen LogP contribution in [0.1, 0.15) is 12.1 Å². The Balaban J connectivity index is 1.83. The van der Waals surface area contributed by atoms with Crippen LogP contribution < -0.4 is 5.48 Å². The third kappa shape index (κ3) is 3.13. The summed E-state index contributed by atoms with van der Waals surface area (Å²) < 4.78 is 13.2. The lowest BCUT2D eigenvalue weighted by atomic mass is 10.1. The number of fused-ring (bicyclic) bond motifs is 1. The first-order valence-electron chi connectivity index (χ1n) is 6.73. The van der Waals surface area contributed by atoms with Crippen LogP contribution in [-0.4, -0.2) is 16.1 Å². The van der Waals surface area contributed by atoms with Gasteiger partial charge in [-0.25, -0.2) is 14.9 Å². The molecule has 0 aliphatic heterocycles. The first-order chi connectivity index (χ1) is 10.7. The van der Waals surface area contributed by atoms with Crippen molar-refractivity contribution in [3.63, 3.8) is 0 Å². The normalized spacial score (nSPS) is 10.8. The van der Waals surface area contributed by atoms with E-state index in [4.69, 9.17) is 5.21 Å². The predicted molar refractivity (Wildman–Crippen MR) is 83.3 cm³/mol. The van der Waals surface area contributed by atoms with Gasteiger partial charge < -0.3 is 0 Å². The Morgan fingerprint density at radius 1 is 1.23 bits per heavy atom. The number of benzene rings is 2. The van der Waals surface area contributed by atoms with Crippen molar-refractivity contribution in [1.82, 2.24) is 10.5 Å². The number of amides is 1. The van der Waals surface area contributed by atoms with Crippen LogP contribution in [0, 0.1) is 5.82 Å². The second-order valence-electron chi connectivity index (χ2n) is 4.89. The molecule has 0 unspecified atom stereocenters. The topological polar surface area (TPSA) is 62.2 Å². The molecule has 2 N–H and O–H groups in total. The number of halogens is 1. The molecule has 1 amide bonds. The van der Waals surface area contributed by atoms with Crippen molar-refractivity contribution >= 4 is 28.0 Å². The fraction of sp³-hybridized carbons (Fsp3) is 0.125. The lowest BCUT2D eigenvalue weighted by Crippen LogP contribution is -2.18. The molecule has 0 spiro atoms. The average Bonchev–Trinajstić information content (AvgIpc) is 3.01. The van der Waals surface area contributed by atoms with Crippen LogP contribution in [0.4, 0.5) is 4.39 Å². The Morgan fingerprint density at radius 3 is 2.82 bits per heavy atom. The predicted octanol–water partition coefficient (Wildman–Crippen LogP) is 3.54. The molecule has 0 aliphatic rings. The highest BCUT2D eigenvalue weighted by Gasteiger charge is 2.08. The van der Waals surface area contributed by atoms with Gasteiger partial charge in [-0.05, 0) is 35.4 Å². The molecular formula is C16H13FN2O2S. The van der Waals surface area contributed by atoms with Gasteiger partial charge in [0.2, 0.25) is 5.91 Å². The molecule has 0 bridgehead atoms. The molecular weight excluding hydrogens is 303 g/mol. The minimum Gasteiger partial charge on any atom is -0.289 e. The largest absolute Gasteiger partial charge is 0.289 e. The van der Waals surface area contributed by atoms with Crippen molar-refractivity contribution in [2.24, 2.45) is 0 Å². The third-order valence-electron chi connectivity index (χ3n) is 3.33. The number of nitrogens with one attached hydrogen (secondary N) is 1. The number of rotatable bonds is 4. The highest BCUT2D eigenvalue weighted by molar-refractivity contribution is 7.13. The minimum atomic E-state index is -0.428. The Kier molecular flexibility index (Phi) is 4.13. The Labute approximate surface area is 130 Å². The van der Waals surface area contributed by atoms with Gasteiger partial charge in [-0.1, -0.05) is 18.2 Å². The van der Waals surface area contributed by atoms with E-state index in [0.29, 0.717) is 6.42 Å². The Hall–Kier alpha value is -2.31. The van der Waals surface area contributed by atoms with Crippen molar-refractivity contribution < 1.29 is 14.4 Å². The summed E-state index contributed by atoms with van der Waals surface area (Å²) in [5, 5.41) is 13.0. The first kappa shape index (κ1) is 14.6. The van der Waals surface area contributed by atoms with Crippen molar-refractivity contribution in [3.8, 4) is 10.6 Å². The smallest absolute Gasteiger partial charge is 0.243 e. The second-order valence-corrected chi connectivity index (χ2v) is 5.74. The molecule has 0 aliphatic carbocycles. The van der Waals surface area contributed by atoms with Gasteiger partial charge in [0.05, 0.1) is 5.69 Å². The number of aryl methyl sites for hydroxylation is 1. The number of carbonyl (C=O) groups excluding carboxylic acids is 1. The van der Waals surface area contributed by atoms with E-state index in [-0.39, 0.29) is 12.2 Å². The monoisotopic (exact) mass is 316 g/mol. The maximum absolute atomic E-state index is 13.2. The molecule has 1 heterocycles. The summed E-state index contributed by atoms with van der Waals surface area (Å²) in [5.74, 6) is -0.679. The van der Waals surface area contributed by atoms with Gasteiger partial charge in [0, 0.05) is 17.4 Å². The van der Waals surface area contributed by atoms with Gasteiger partial charge in [0.25, 0.3) is 0 Å². The zero-order chi connectivity index (χ0) is 15.5. The van der Waals surface area contributed by atoms with E-state index in [1.54, 1.807) is 11.5 Å². The highest BCUT2D eigenvalue weighted by Crippen LogP contribution is 2.28. The summed E-state index contributed by atoms with van der Waals surface area (Å²) >= 11 is 1.49. The molecule has 4 nitrogen and oxygen atoms in total. The van der Waals surface area contributed by atoms with E-state index >= 15 is 0 Å². The Morgan fingerprint density at radius 2 is 2.00 bits per heavy atom. The number of thiazole rings is 1. The van der Waals surface area contributed by atoms with E-state index in [0.717, 1.165) is 27.0 Å². The molecule has 1 aromatic heterocycles. The van der Waals surface area contributed by atoms with Crippen LogP contribution >= 0.6 is 11.3 Å². The number of hydroxylamine groups is 1. The molecule has 112 valence electrons. The van der Waals surface area contributed by atoms with Gasteiger partial charge >= 0.3 is 0 Å². The van der Waals surface area contributed by atoms with Gasteiger partial charge in [0.1, 0.15) is 10.8 Å². The van der Waals surface area contributed by atoms with Crippen LogP contribution in [0.5, 0.6) is 0 Å². The van der Waals surface area contributed by atoms with E-state index in [1.807, 2.05) is 23.6 Å². The number of nitrogens with zero attached hydrogens (tertiary/aromatic N) is 1. The zero-order valence-electron chi connectivity index (χ0n) is 11.5. The molecule has 3 rings (SSSR count). The molecule has 0 fully saturated rings. The summed E-state index contributed by atoms with van der Waals surface area (Å²) in [7, 11) is 0. The van der Waals surface area contributed by atoms with Crippen molar-refractivity contribution in [1.29, 1.82) is 0 Å². The maximum Gasteiger partial charge on any atom is 0.243 e. The lowest BCUT2D eigenvalue weighted by molar-refractivity contribution is -0.129. The van der Waals surface area contributed by atoms with Crippen LogP contribution in [0.3, 0.4) is 0 Å². The summed E-state index contributed by atoms with van der Waals surface area (Å²) in [4.78, 5) is 15.5. The molecule has 0 saturated carbocycles. The van der Waals surface area contributed by atoms with Gasteiger partial charge in [-0.3, -0.25) is 10.0 Å². The third-order valence-corrected chi connectivity index (χ3v) is 4.27. The van der Waals surface area contributed by atoms with Crippen molar-refractivity contribution in [2.75, 3.05) is 0 Å². The molecule has 0 saturated heterocycles. The van der Waals surface area contributed by atoms with Crippen molar-refractivity contribution in [2.45, 2.75) is 12.8 Å². The van der Waals surface area contributed by atoms with Crippen LogP contribution in [0.2, 0.25) is 0 Å². The second kappa shape index (κ2) is 6.21. The summed E-state index contributed by atoms with van der Waals surface area (Å²) in [6.45, 7) is 0. The molecule has 22 heavy (non-hydrogen) atoms. The van der Waals surface area contributed by atoms with E-state index < -0.39 is 5.91 Å². The highest BCUT2D eigenvalue weighted by atomic mass is 32.1. The maximum atomic E-state index is 13.2. The molecule has 2 aromatic carbocycles. The van der Waals surface area contributed by atoms with Gasteiger partial charge in [0.15, 0.2) is 0 Å². The molecule has 0 atom stereocenters. The minimum absolute atomic E-state index is 0.191. The van der Waals surface area contributed by atoms with Crippen LogP contribution in [0.25, 0.3) is 21.3 Å². The fourth-order valence-corrected chi connectivity index (χ4v) is 3.05. The summed E-state index contributed by atoms with van der Waals surface area (Å²) in [6.07, 6.45) is 0.665. The van der Waals surface area contributed by atoms with Crippen LogP contribution in [-0.2, 0) is 11.2 Å². The molecule has 0 radical (unpaired) electrons. The quantitative estimate of drug-likeness (QED) is 0.571.